The number of rotatable bonds is 6. The molecule has 3 N–H and O–H groups in total. The number of aromatic hydroxyl groups is 1. The van der Waals surface area contributed by atoms with Gasteiger partial charge in [0, 0.05) is 12.6 Å². The summed E-state index contributed by atoms with van der Waals surface area (Å²) in [7, 11) is 0. The molecule has 1 atom stereocenters. The Kier molecular flexibility index (Phi) is 7.40. The van der Waals surface area contributed by atoms with E-state index in [9.17, 15) is 15.0 Å². The van der Waals surface area contributed by atoms with Gasteiger partial charge in [0.05, 0.1) is 11.7 Å². The molecule has 0 amide bonds. The molecular formula is C22H24ClNO4. The maximum absolute atomic E-state index is 12.6. The van der Waals surface area contributed by atoms with Crippen molar-refractivity contribution in [3.05, 3.63) is 71.8 Å². The molecule has 148 valence electrons. The first-order chi connectivity index (χ1) is 13.0. The van der Waals surface area contributed by atoms with Gasteiger partial charge in [-0.1, -0.05) is 56.3 Å². The Morgan fingerprint density at radius 2 is 1.79 bits per heavy atom. The largest absolute Gasteiger partial charge is 0.504 e. The third-order valence-electron chi connectivity index (χ3n) is 4.30. The maximum Gasteiger partial charge on any atom is 0.344 e. The number of carbonyl (C=O) groups excluding carboxylic acids is 1. The van der Waals surface area contributed by atoms with Crippen LogP contribution in [0.1, 0.15) is 35.9 Å². The summed E-state index contributed by atoms with van der Waals surface area (Å²) in [6.45, 7) is 4.34. The molecule has 1 unspecified atom stereocenters. The van der Waals surface area contributed by atoms with Gasteiger partial charge in [0.2, 0.25) is 0 Å². The summed E-state index contributed by atoms with van der Waals surface area (Å²) in [6, 6.07) is 17.7. The Morgan fingerprint density at radius 1 is 1.07 bits per heavy atom. The van der Waals surface area contributed by atoms with Gasteiger partial charge in [-0.3, -0.25) is 0 Å². The van der Waals surface area contributed by atoms with Crippen LogP contribution in [0.15, 0.2) is 60.7 Å². The van der Waals surface area contributed by atoms with E-state index < -0.39 is 12.1 Å². The summed E-state index contributed by atoms with van der Waals surface area (Å²) >= 11 is 0. The normalized spacial score (nSPS) is 11.9. The lowest BCUT2D eigenvalue weighted by atomic mass is 10.0. The zero-order valence-electron chi connectivity index (χ0n) is 15.8. The van der Waals surface area contributed by atoms with Gasteiger partial charge >= 0.3 is 5.97 Å². The van der Waals surface area contributed by atoms with Crippen molar-refractivity contribution < 1.29 is 19.7 Å². The second kappa shape index (κ2) is 9.55. The van der Waals surface area contributed by atoms with Gasteiger partial charge in [0.25, 0.3) is 0 Å². The molecule has 0 bridgehead atoms. The average Bonchev–Trinajstić information content (AvgIpc) is 2.67. The van der Waals surface area contributed by atoms with Crippen molar-refractivity contribution in [1.29, 1.82) is 0 Å². The van der Waals surface area contributed by atoms with E-state index in [1.807, 2.05) is 44.2 Å². The van der Waals surface area contributed by atoms with Gasteiger partial charge in [-0.2, -0.15) is 0 Å². The number of nitrogens with one attached hydrogen (secondary N) is 1. The lowest BCUT2D eigenvalue weighted by Gasteiger charge is -2.15. The first kappa shape index (κ1) is 21.7. The van der Waals surface area contributed by atoms with Gasteiger partial charge in [-0.15, -0.1) is 12.4 Å². The number of phenolic OH excluding ortho intramolecular Hbond substituents is 1. The molecule has 3 aromatic rings. The topological polar surface area (TPSA) is 78.8 Å². The molecule has 0 radical (unpaired) electrons. The van der Waals surface area contributed by atoms with Crippen molar-refractivity contribution in [3.8, 4) is 11.5 Å². The molecule has 0 aliphatic heterocycles. The van der Waals surface area contributed by atoms with Gasteiger partial charge in [0.1, 0.15) is 0 Å². The molecule has 0 fully saturated rings. The zero-order valence-corrected chi connectivity index (χ0v) is 16.6. The Hall–Kier alpha value is -2.60. The summed E-state index contributed by atoms with van der Waals surface area (Å²) in [5, 5.41) is 25.3. The first-order valence-electron chi connectivity index (χ1n) is 8.90. The predicted molar refractivity (Wildman–Crippen MR) is 112 cm³/mol. The molecule has 3 aromatic carbocycles. The summed E-state index contributed by atoms with van der Waals surface area (Å²) in [5.74, 6) is -0.678. The quantitative estimate of drug-likeness (QED) is 0.425. The number of phenols is 1. The number of fused-ring (bicyclic) bond motifs is 1. The number of benzene rings is 3. The Balaban J connectivity index is 0.00000280. The third kappa shape index (κ3) is 5.01. The van der Waals surface area contributed by atoms with E-state index >= 15 is 0 Å². The van der Waals surface area contributed by atoms with Gasteiger partial charge < -0.3 is 20.3 Å². The number of esters is 1. The molecule has 0 spiro atoms. The molecule has 6 heteroatoms. The van der Waals surface area contributed by atoms with E-state index in [-0.39, 0.29) is 29.9 Å². The highest BCUT2D eigenvalue weighted by atomic mass is 35.5. The van der Waals surface area contributed by atoms with Crippen LogP contribution in [0.2, 0.25) is 0 Å². The molecule has 0 aliphatic carbocycles. The zero-order chi connectivity index (χ0) is 19.4. The van der Waals surface area contributed by atoms with Crippen LogP contribution < -0.4 is 10.1 Å². The number of aliphatic hydroxyl groups excluding tert-OH is 1. The van der Waals surface area contributed by atoms with Crippen LogP contribution in [0.3, 0.4) is 0 Å². The Bertz CT molecular complexity index is 953. The van der Waals surface area contributed by atoms with Crippen LogP contribution in [0.5, 0.6) is 11.5 Å². The fourth-order valence-corrected chi connectivity index (χ4v) is 2.85. The van der Waals surface area contributed by atoms with Crippen LogP contribution in [0, 0.1) is 0 Å². The molecule has 0 saturated heterocycles. The SMILES string of the molecule is CC(C)NCC(O)c1ccc(OC(=O)c2cccc3ccccc23)c(O)c1.Cl. The van der Waals surface area contributed by atoms with Crippen molar-refractivity contribution in [1.82, 2.24) is 5.32 Å². The van der Waals surface area contributed by atoms with Crippen molar-refractivity contribution in [2.24, 2.45) is 0 Å². The molecule has 0 aromatic heterocycles. The summed E-state index contributed by atoms with van der Waals surface area (Å²) < 4.78 is 5.39. The second-order valence-electron chi connectivity index (χ2n) is 6.72. The van der Waals surface area contributed by atoms with E-state index in [1.54, 1.807) is 18.2 Å². The number of aliphatic hydroxyl groups is 1. The fourth-order valence-electron chi connectivity index (χ4n) is 2.85. The summed E-state index contributed by atoms with van der Waals surface area (Å²) in [5.41, 5.74) is 0.975. The molecular weight excluding hydrogens is 378 g/mol. The molecule has 0 heterocycles. The van der Waals surface area contributed by atoms with Crippen LogP contribution in [-0.2, 0) is 0 Å². The number of hydrogen-bond donors (Lipinski definition) is 3. The van der Waals surface area contributed by atoms with E-state index in [4.69, 9.17) is 4.74 Å². The minimum atomic E-state index is -0.763. The molecule has 0 saturated carbocycles. The first-order valence-corrected chi connectivity index (χ1v) is 8.90. The van der Waals surface area contributed by atoms with E-state index in [1.165, 1.54) is 12.1 Å². The number of halogens is 1. The van der Waals surface area contributed by atoms with Crippen LogP contribution >= 0.6 is 12.4 Å². The molecule has 0 aliphatic rings. The number of carbonyl (C=O) groups is 1. The van der Waals surface area contributed by atoms with Crippen LogP contribution in [0.25, 0.3) is 10.8 Å². The smallest absolute Gasteiger partial charge is 0.344 e. The molecule has 5 nitrogen and oxygen atoms in total. The summed E-state index contributed by atoms with van der Waals surface area (Å²) in [6.07, 6.45) is -0.763. The highest BCUT2D eigenvalue weighted by Gasteiger charge is 2.16. The predicted octanol–water partition coefficient (Wildman–Crippen LogP) is 4.22. The van der Waals surface area contributed by atoms with Gasteiger partial charge in [-0.05, 0) is 34.5 Å². The summed E-state index contributed by atoms with van der Waals surface area (Å²) in [4.78, 5) is 12.6. The monoisotopic (exact) mass is 401 g/mol. The van der Waals surface area contributed by atoms with Gasteiger partial charge in [0.15, 0.2) is 11.5 Å². The fraction of sp³-hybridized carbons (Fsp3) is 0.227. The molecule has 28 heavy (non-hydrogen) atoms. The lowest BCUT2D eigenvalue weighted by molar-refractivity contribution is 0.0731. The highest BCUT2D eigenvalue weighted by molar-refractivity contribution is 6.05. The Labute approximate surface area is 170 Å². The van der Waals surface area contributed by atoms with E-state index in [0.29, 0.717) is 17.7 Å². The van der Waals surface area contributed by atoms with Crippen molar-refractivity contribution in [3.63, 3.8) is 0 Å². The van der Waals surface area contributed by atoms with E-state index in [0.717, 1.165) is 10.8 Å². The van der Waals surface area contributed by atoms with Crippen molar-refractivity contribution >= 4 is 29.1 Å². The lowest BCUT2D eigenvalue weighted by Crippen LogP contribution is -2.27. The van der Waals surface area contributed by atoms with Crippen LogP contribution in [0.4, 0.5) is 0 Å². The van der Waals surface area contributed by atoms with Crippen molar-refractivity contribution in [2.45, 2.75) is 26.0 Å². The minimum absolute atomic E-state index is 0. The second-order valence-corrected chi connectivity index (χ2v) is 6.72. The van der Waals surface area contributed by atoms with Crippen LogP contribution in [-0.4, -0.2) is 28.8 Å². The Morgan fingerprint density at radius 3 is 2.50 bits per heavy atom. The van der Waals surface area contributed by atoms with Crippen molar-refractivity contribution in [2.75, 3.05) is 6.54 Å². The third-order valence-corrected chi connectivity index (χ3v) is 4.30. The maximum atomic E-state index is 12.6. The average molecular weight is 402 g/mol. The molecule has 3 rings (SSSR count). The standard InChI is InChI=1S/C22H23NO4.ClH/c1-14(2)23-13-20(25)16-10-11-21(19(24)12-16)27-22(26)18-9-5-7-15-6-3-4-8-17(15)18;/h3-12,14,20,23-25H,13H2,1-2H3;1H. The van der Waals surface area contributed by atoms with Gasteiger partial charge in [-0.25, -0.2) is 4.79 Å². The number of ether oxygens (including phenoxy) is 1. The highest BCUT2D eigenvalue weighted by Crippen LogP contribution is 2.30. The van der Waals surface area contributed by atoms with E-state index in [2.05, 4.69) is 5.32 Å². The number of hydrogen-bond acceptors (Lipinski definition) is 5. The minimum Gasteiger partial charge on any atom is -0.504 e.